The summed E-state index contributed by atoms with van der Waals surface area (Å²) in [7, 11) is 0. The van der Waals surface area contributed by atoms with Gasteiger partial charge in [-0.1, -0.05) is 30.3 Å². The average molecular weight is 350 g/mol. The van der Waals surface area contributed by atoms with E-state index in [1.54, 1.807) is 18.2 Å². The maximum absolute atomic E-state index is 13.1. The van der Waals surface area contributed by atoms with Crippen LogP contribution in [0.3, 0.4) is 0 Å². The van der Waals surface area contributed by atoms with Gasteiger partial charge in [0.25, 0.3) is 5.56 Å². The van der Waals surface area contributed by atoms with Crippen LogP contribution in [0.5, 0.6) is 0 Å². The van der Waals surface area contributed by atoms with Crippen molar-refractivity contribution in [2.24, 2.45) is 0 Å². The number of hydrogen-bond acceptors (Lipinski definition) is 4. The monoisotopic (exact) mass is 350 g/mol. The number of nitrogens with zero attached hydrogens (tertiary/aromatic N) is 3. The molecule has 0 spiro atoms. The van der Waals surface area contributed by atoms with E-state index in [-0.39, 0.29) is 11.4 Å². The molecular formula is C20H19FN4O. The fourth-order valence-electron chi connectivity index (χ4n) is 3.30. The molecule has 1 fully saturated rings. The first-order chi connectivity index (χ1) is 12.7. The van der Waals surface area contributed by atoms with Gasteiger partial charge in [-0.3, -0.25) is 4.79 Å². The molecule has 0 unspecified atom stereocenters. The standard InChI is InChI=1S/C20H19FN4O/c21-16-6-8-17(9-7-16)24-10-12-25(13-11-24)18-14-19(26)22-23-20(18)15-4-2-1-3-5-15/h1-9,14H,10-13H2,(H,22,26). The SMILES string of the molecule is O=c1cc(N2CCN(c3ccc(F)cc3)CC2)c(-c2ccccc2)n[nH]1. The van der Waals surface area contributed by atoms with E-state index in [1.165, 1.54) is 12.1 Å². The summed E-state index contributed by atoms with van der Waals surface area (Å²) in [5.41, 5.74) is 3.40. The molecule has 2 heterocycles. The number of nitrogens with one attached hydrogen (secondary N) is 1. The third-order valence-electron chi connectivity index (χ3n) is 4.65. The van der Waals surface area contributed by atoms with Crippen molar-refractivity contribution < 1.29 is 4.39 Å². The molecule has 0 aliphatic carbocycles. The first kappa shape index (κ1) is 16.3. The topological polar surface area (TPSA) is 52.2 Å². The Bertz CT molecular complexity index is 932. The molecular weight excluding hydrogens is 331 g/mol. The Morgan fingerprint density at radius 2 is 1.54 bits per heavy atom. The highest BCUT2D eigenvalue weighted by Gasteiger charge is 2.21. The molecule has 1 aliphatic rings. The first-order valence-corrected chi connectivity index (χ1v) is 8.61. The van der Waals surface area contributed by atoms with Crippen LogP contribution in [0, 0.1) is 5.82 Å². The normalized spacial score (nSPS) is 14.5. The van der Waals surface area contributed by atoms with Crippen molar-refractivity contribution >= 4 is 11.4 Å². The summed E-state index contributed by atoms with van der Waals surface area (Å²) in [5, 5.41) is 6.82. The molecule has 1 N–H and O–H groups in total. The van der Waals surface area contributed by atoms with Gasteiger partial charge < -0.3 is 9.80 Å². The number of aromatic amines is 1. The lowest BCUT2D eigenvalue weighted by atomic mass is 10.1. The summed E-state index contributed by atoms with van der Waals surface area (Å²) in [4.78, 5) is 16.2. The third-order valence-corrected chi connectivity index (χ3v) is 4.65. The Kier molecular flexibility index (Phi) is 4.39. The summed E-state index contributed by atoms with van der Waals surface area (Å²) in [6, 6.07) is 18.0. The second-order valence-electron chi connectivity index (χ2n) is 6.28. The van der Waals surface area contributed by atoms with E-state index in [0.717, 1.165) is 48.8 Å². The molecule has 132 valence electrons. The Morgan fingerprint density at radius 1 is 0.885 bits per heavy atom. The lowest BCUT2D eigenvalue weighted by Gasteiger charge is -2.37. The number of benzene rings is 2. The van der Waals surface area contributed by atoms with Crippen molar-refractivity contribution in [2.45, 2.75) is 0 Å². The highest BCUT2D eigenvalue weighted by molar-refractivity contribution is 5.74. The van der Waals surface area contributed by atoms with Crippen molar-refractivity contribution in [3.63, 3.8) is 0 Å². The van der Waals surface area contributed by atoms with Crippen molar-refractivity contribution in [1.82, 2.24) is 10.2 Å². The van der Waals surface area contributed by atoms with Gasteiger partial charge in [0.2, 0.25) is 0 Å². The van der Waals surface area contributed by atoms with Gasteiger partial charge in [-0.05, 0) is 24.3 Å². The molecule has 3 aromatic rings. The molecule has 1 saturated heterocycles. The molecule has 4 rings (SSSR count). The van der Waals surface area contributed by atoms with Crippen LogP contribution in [0.2, 0.25) is 0 Å². The summed E-state index contributed by atoms with van der Waals surface area (Å²) >= 11 is 0. The van der Waals surface area contributed by atoms with E-state index < -0.39 is 0 Å². The highest BCUT2D eigenvalue weighted by atomic mass is 19.1. The molecule has 0 bridgehead atoms. The van der Waals surface area contributed by atoms with Gasteiger partial charge in [0.15, 0.2) is 0 Å². The van der Waals surface area contributed by atoms with Gasteiger partial charge in [0, 0.05) is 43.5 Å². The maximum Gasteiger partial charge on any atom is 0.266 e. The second kappa shape index (κ2) is 7.00. The summed E-state index contributed by atoms with van der Waals surface area (Å²) in [5.74, 6) is -0.227. The van der Waals surface area contributed by atoms with E-state index in [2.05, 4.69) is 20.0 Å². The van der Waals surface area contributed by atoms with Gasteiger partial charge in [-0.2, -0.15) is 5.10 Å². The van der Waals surface area contributed by atoms with Gasteiger partial charge >= 0.3 is 0 Å². The van der Waals surface area contributed by atoms with Gasteiger partial charge in [-0.15, -0.1) is 0 Å². The smallest absolute Gasteiger partial charge is 0.266 e. The zero-order valence-electron chi connectivity index (χ0n) is 14.2. The number of rotatable bonds is 3. The number of anilines is 2. The Morgan fingerprint density at radius 3 is 2.23 bits per heavy atom. The average Bonchev–Trinajstić information content (AvgIpc) is 2.69. The zero-order valence-corrected chi connectivity index (χ0v) is 14.2. The largest absolute Gasteiger partial charge is 0.368 e. The minimum atomic E-state index is -0.227. The van der Waals surface area contributed by atoms with Crippen molar-refractivity contribution in [3.8, 4) is 11.3 Å². The van der Waals surface area contributed by atoms with Gasteiger partial charge in [0.1, 0.15) is 11.5 Å². The molecule has 26 heavy (non-hydrogen) atoms. The molecule has 0 atom stereocenters. The predicted molar refractivity (Wildman–Crippen MR) is 101 cm³/mol. The molecule has 6 heteroatoms. The minimum absolute atomic E-state index is 0.208. The lowest BCUT2D eigenvalue weighted by Crippen LogP contribution is -2.47. The van der Waals surface area contributed by atoms with Crippen molar-refractivity contribution in [3.05, 3.63) is 76.8 Å². The van der Waals surface area contributed by atoms with Crippen LogP contribution in [-0.2, 0) is 0 Å². The molecule has 5 nitrogen and oxygen atoms in total. The van der Waals surface area contributed by atoms with Gasteiger partial charge in [-0.25, -0.2) is 9.49 Å². The number of halogens is 1. The van der Waals surface area contributed by atoms with Crippen LogP contribution in [-0.4, -0.2) is 36.4 Å². The number of aromatic nitrogens is 2. The number of H-pyrrole nitrogens is 1. The van der Waals surface area contributed by atoms with E-state index in [1.807, 2.05) is 30.3 Å². The first-order valence-electron chi connectivity index (χ1n) is 8.61. The fourth-order valence-corrected chi connectivity index (χ4v) is 3.30. The minimum Gasteiger partial charge on any atom is -0.368 e. The zero-order chi connectivity index (χ0) is 17.9. The van der Waals surface area contributed by atoms with Crippen LogP contribution < -0.4 is 15.4 Å². The predicted octanol–water partition coefficient (Wildman–Crippen LogP) is 2.90. The van der Waals surface area contributed by atoms with E-state index in [9.17, 15) is 9.18 Å². The molecule has 0 radical (unpaired) electrons. The highest BCUT2D eigenvalue weighted by Crippen LogP contribution is 2.28. The lowest BCUT2D eigenvalue weighted by molar-refractivity contribution is 0.624. The van der Waals surface area contributed by atoms with E-state index in [0.29, 0.717) is 0 Å². The quantitative estimate of drug-likeness (QED) is 0.789. The third kappa shape index (κ3) is 3.31. The Hall–Kier alpha value is -3.15. The maximum atomic E-state index is 13.1. The van der Waals surface area contributed by atoms with Crippen LogP contribution in [0.15, 0.2) is 65.5 Å². The number of piperazine rings is 1. The second-order valence-corrected chi connectivity index (χ2v) is 6.28. The van der Waals surface area contributed by atoms with E-state index >= 15 is 0 Å². The Balaban J connectivity index is 1.57. The molecule has 0 amide bonds. The number of hydrogen-bond donors (Lipinski definition) is 1. The molecule has 0 saturated carbocycles. The van der Waals surface area contributed by atoms with Crippen LogP contribution in [0.4, 0.5) is 15.8 Å². The molecule has 1 aromatic heterocycles. The Labute approximate surface area is 150 Å². The van der Waals surface area contributed by atoms with Crippen LogP contribution >= 0.6 is 0 Å². The van der Waals surface area contributed by atoms with Gasteiger partial charge in [0.05, 0.1) is 5.69 Å². The van der Waals surface area contributed by atoms with Crippen molar-refractivity contribution in [2.75, 3.05) is 36.0 Å². The van der Waals surface area contributed by atoms with Crippen molar-refractivity contribution in [1.29, 1.82) is 0 Å². The fraction of sp³-hybridized carbons (Fsp3) is 0.200. The summed E-state index contributed by atoms with van der Waals surface area (Å²) in [6.45, 7) is 3.13. The molecule has 2 aromatic carbocycles. The van der Waals surface area contributed by atoms with Crippen LogP contribution in [0.1, 0.15) is 0 Å². The molecule has 1 aliphatic heterocycles. The van der Waals surface area contributed by atoms with Crippen LogP contribution in [0.25, 0.3) is 11.3 Å². The van der Waals surface area contributed by atoms with E-state index in [4.69, 9.17) is 0 Å². The summed E-state index contributed by atoms with van der Waals surface area (Å²) < 4.78 is 13.1. The summed E-state index contributed by atoms with van der Waals surface area (Å²) in [6.07, 6.45) is 0.